The van der Waals surface area contributed by atoms with Crippen molar-refractivity contribution in [2.45, 2.75) is 76.8 Å². The lowest BCUT2D eigenvalue weighted by Crippen LogP contribution is -2.44. The quantitative estimate of drug-likeness (QED) is 0.680. The summed E-state index contributed by atoms with van der Waals surface area (Å²) in [5.41, 5.74) is 0. The van der Waals surface area contributed by atoms with Gasteiger partial charge in [-0.2, -0.15) is 0 Å². The Morgan fingerprint density at radius 3 is 2.00 bits per heavy atom. The third kappa shape index (κ3) is 2.73. The Balaban J connectivity index is 1.73. The van der Waals surface area contributed by atoms with Gasteiger partial charge in [0.2, 0.25) is 0 Å². The van der Waals surface area contributed by atoms with Crippen LogP contribution in [0.2, 0.25) is 0 Å². The molecule has 1 nitrogen and oxygen atoms in total. The van der Waals surface area contributed by atoms with Crippen molar-refractivity contribution in [3.8, 4) is 0 Å². The van der Waals surface area contributed by atoms with E-state index in [2.05, 4.69) is 12.2 Å². The highest BCUT2D eigenvalue weighted by atomic mass is 15.0. The highest BCUT2D eigenvalue weighted by molar-refractivity contribution is 4.83. The molecular weight excluding hydrogens is 170 g/mol. The lowest BCUT2D eigenvalue weighted by molar-refractivity contribution is 0.252. The third-order valence-electron chi connectivity index (χ3n) is 4.21. The Kier molecular flexibility index (Phi) is 3.86. The van der Waals surface area contributed by atoms with Gasteiger partial charge in [0, 0.05) is 12.1 Å². The van der Waals surface area contributed by atoms with Gasteiger partial charge in [-0.15, -0.1) is 0 Å². The minimum Gasteiger partial charge on any atom is -0.311 e. The van der Waals surface area contributed by atoms with Gasteiger partial charge in [-0.05, 0) is 38.5 Å². The molecule has 2 aliphatic rings. The van der Waals surface area contributed by atoms with Crippen molar-refractivity contribution >= 4 is 0 Å². The molecule has 1 heteroatoms. The second-order valence-corrected chi connectivity index (χ2v) is 5.33. The molecule has 0 bridgehead atoms. The summed E-state index contributed by atoms with van der Waals surface area (Å²) in [6, 6.07) is 1.65. The number of hydrogen-bond acceptors (Lipinski definition) is 1. The zero-order valence-corrected chi connectivity index (χ0v) is 9.60. The van der Waals surface area contributed by atoms with Gasteiger partial charge < -0.3 is 5.32 Å². The molecule has 2 aliphatic carbocycles. The third-order valence-corrected chi connectivity index (χ3v) is 4.21. The van der Waals surface area contributed by atoms with Crippen LogP contribution in [0, 0.1) is 5.92 Å². The zero-order chi connectivity index (χ0) is 9.80. The van der Waals surface area contributed by atoms with E-state index in [-0.39, 0.29) is 0 Å². The van der Waals surface area contributed by atoms with Gasteiger partial charge in [-0.1, -0.05) is 32.1 Å². The minimum absolute atomic E-state index is 0.776. The van der Waals surface area contributed by atoms with Crippen LogP contribution < -0.4 is 5.32 Å². The first-order valence-electron chi connectivity index (χ1n) is 6.62. The van der Waals surface area contributed by atoms with Crippen molar-refractivity contribution < 1.29 is 0 Å². The summed E-state index contributed by atoms with van der Waals surface area (Å²) >= 11 is 0. The van der Waals surface area contributed by atoms with E-state index in [0.717, 1.165) is 18.0 Å². The second kappa shape index (κ2) is 5.16. The summed E-state index contributed by atoms with van der Waals surface area (Å²) in [4.78, 5) is 0. The van der Waals surface area contributed by atoms with Crippen molar-refractivity contribution in [1.82, 2.24) is 5.32 Å². The first-order chi connectivity index (χ1) is 6.86. The smallest absolute Gasteiger partial charge is 0.00696 e. The lowest BCUT2D eigenvalue weighted by Gasteiger charge is -2.33. The number of rotatable bonds is 3. The fraction of sp³-hybridized carbons (Fsp3) is 1.00. The standard InChI is InChI=1S/C13H25N/c1-11(14-13-9-6-10-13)12-7-4-2-3-5-8-12/h11-14H,2-10H2,1H3/t11-/m0/s1. The average molecular weight is 195 g/mol. The van der Waals surface area contributed by atoms with Crippen molar-refractivity contribution in [2.24, 2.45) is 5.92 Å². The van der Waals surface area contributed by atoms with Gasteiger partial charge >= 0.3 is 0 Å². The van der Waals surface area contributed by atoms with Crippen LogP contribution in [0.4, 0.5) is 0 Å². The van der Waals surface area contributed by atoms with E-state index >= 15 is 0 Å². The van der Waals surface area contributed by atoms with Crippen LogP contribution in [0.25, 0.3) is 0 Å². The first-order valence-corrected chi connectivity index (χ1v) is 6.62. The van der Waals surface area contributed by atoms with Crippen LogP contribution in [0.15, 0.2) is 0 Å². The summed E-state index contributed by atoms with van der Waals surface area (Å²) in [5.74, 6) is 0.970. The normalized spacial score (nSPS) is 28.1. The molecule has 0 unspecified atom stereocenters. The molecule has 1 atom stereocenters. The molecule has 0 aromatic rings. The molecule has 1 N–H and O–H groups in total. The molecule has 82 valence electrons. The molecule has 2 rings (SSSR count). The van der Waals surface area contributed by atoms with E-state index in [9.17, 15) is 0 Å². The maximum absolute atomic E-state index is 3.81. The Morgan fingerprint density at radius 2 is 1.50 bits per heavy atom. The Labute approximate surface area is 88.7 Å². The molecular formula is C13H25N. The van der Waals surface area contributed by atoms with Crippen LogP contribution >= 0.6 is 0 Å². The maximum atomic E-state index is 3.81. The van der Waals surface area contributed by atoms with Gasteiger partial charge in [0.25, 0.3) is 0 Å². The first kappa shape index (κ1) is 10.5. The molecule has 0 aliphatic heterocycles. The van der Waals surface area contributed by atoms with Gasteiger partial charge in [0.1, 0.15) is 0 Å². The topological polar surface area (TPSA) is 12.0 Å². The number of nitrogens with one attached hydrogen (secondary N) is 1. The van der Waals surface area contributed by atoms with E-state index in [0.29, 0.717) is 0 Å². The summed E-state index contributed by atoms with van der Waals surface area (Å²) < 4.78 is 0. The fourth-order valence-corrected chi connectivity index (χ4v) is 2.89. The molecule has 14 heavy (non-hydrogen) atoms. The van der Waals surface area contributed by atoms with E-state index in [4.69, 9.17) is 0 Å². The molecule has 2 saturated carbocycles. The SMILES string of the molecule is C[C@H](NC1CCC1)C1CCCCCC1. The Morgan fingerprint density at radius 1 is 0.857 bits per heavy atom. The van der Waals surface area contributed by atoms with Crippen molar-refractivity contribution in [3.63, 3.8) is 0 Å². The highest BCUT2D eigenvalue weighted by Crippen LogP contribution is 2.27. The predicted molar refractivity (Wildman–Crippen MR) is 61.4 cm³/mol. The van der Waals surface area contributed by atoms with Crippen LogP contribution in [0.5, 0.6) is 0 Å². The molecule has 0 radical (unpaired) electrons. The van der Waals surface area contributed by atoms with Crippen molar-refractivity contribution in [2.75, 3.05) is 0 Å². The largest absolute Gasteiger partial charge is 0.311 e. The summed E-state index contributed by atoms with van der Waals surface area (Å²) in [6.45, 7) is 2.41. The minimum atomic E-state index is 0.776. The van der Waals surface area contributed by atoms with E-state index in [1.807, 2.05) is 0 Å². The van der Waals surface area contributed by atoms with Gasteiger partial charge in [-0.25, -0.2) is 0 Å². The zero-order valence-electron chi connectivity index (χ0n) is 9.60. The molecule has 2 fully saturated rings. The fourth-order valence-electron chi connectivity index (χ4n) is 2.89. The summed E-state index contributed by atoms with van der Waals surface area (Å²) in [6.07, 6.45) is 13.2. The van der Waals surface area contributed by atoms with E-state index in [1.54, 1.807) is 0 Å². The lowest BCUT2D eigenvalue weighted by atomic mass is 9.88. The second-order valence-electron chi connectivity index (χ2n) is 5.33. The Bertz CT molecular complexity index is 155. The van der Waals surface area contributed by atoms with E-state index in [1.165, 1.54) is 57.8 Å². The molecule has 0 saturated heterocycles. The van der Waals surface area contributed by atoms with Crippen molar-refractivity contribution in [3.05, 3.63) is 0 Å². The van der Waals surface area contributed by atoms with Crippen LogP contribution in [0.3, 0.4) is 0 Å². The highest BCUT2D eigenvalue weighted by Gasteiger charge is 2.24. The molecule has 0 aromatic heterocycles. The predicted octanol–water partition coefficient (Wildman–Crippen LogP) is 3.49. The van der Waals surface area contributed by atoms with Crippen LogP contribution in [-0.2, 0) is 0 Å². The van der Waals surface area contributed by atoms with Gasteiger partial charge in [-0.3, -0.25) is 0 Å². The summed E-state index contributed by atoms with van der Waals surface area (Å²) in [5, 5.41) is 3.81. The molecule has 0 heterocycles. The van der Waals surface area contributed by atoms with Crippen molar-refractivity contribution in [1.29, 1.82) is 0 Å². The number of hydrogen-bond donors (Lipinski definition) is 1. The van der Waals surface area contributed by atoms with E-state index < -0.39 is 0 Å². The maximum Gasteiger partial charge on any atom is 0.00696 e. The Hall–Kier alpha value is -0.0400. The average Bonchev–Trinajstić information content (AvgIpc) is 2.38. The van der Waals surface area contributed by atoms with Crippen LogP contribution in [0.1, 0.15) is 64.7 Å². The van der Waals surface area contributed by atoms with Gasteiger partial charge in [0.15, 0.2) is 0 Å². The molecule has 0 aromatic carbocycles. The summed E-state index contributed by atoms with van der Waals surface area (Å²) in [7, 11) is 0. The van der Waals surface area contributed by atoms with Gasteiger partial charge in [0.05, 0.1) is 0 Å². The molecule has 0 amide bonds. The monoisotopic (exact) mass is 195 g/mol. The molecule has 0 spiro atoms. The van der Waals surface area contributed by atoms with Crippen LogP contribution in [-0.4, -0.2) is 12.1 Å².